The fourth-order valence-electron chi connectivity index (χ4n) is 3.28. The van der Waals surface area contributed by atoms with E-state index in [2.05, 4.69) is 62.4 Å². The molecule has 0 aliphatic carbocycles. The lowest BCUT2D eigenvalue weighted by Crippen LogP contribution is -1.88. The van der Waals surface area contributed by atoms with Gasteiger partial charge >= 0.3 is 0 Å². The van der Waals surface area contributed by atoms with Crippen LogP contribution in [0.5, 0.6) is 0 Å². The standard InChI is InChI=1S/C23H32/c1-20-12-10-16-22(18-20)14-8-6-4-3-5-7-9-15-23-17-11-13-21(2)19-23/h10-13,16-19H,3-9,14-15H2,1-2H3. The molecule has 0 heterocycles. The van der Waals surface area contributed by atoms with Crippen molar-refractivity contribution in [1.82, 2.24) is 0 Å². The molecule has 0 aliphatic rings. The van der Waals surface area contributed by atoms with Crippen molar-refractivity contribution in [2.24, 2.45) is 0 Å². The van der Waals surface area contributed by atoms with Crippen LogP contribution in [0.2, 0.25) is 0 Å². The Kier molecular flexibility index (Phi) is 7.93. The maximum Gasteiger partial charge on any atom is -0.0279 e. The summed E-state index contributed by atoms with van der Waals surface area (Å²) in [7, 11) is 0. The van der Waals surface area contributed by atoms with Crippen molar-refractivity contribution in [2.45, 2.75) is 71.6 Å². The number of hydrogen-bond donors (Lipinski definition) is 0. The third-order valence-electron chi connectivity index (χ3n) is 4.60. The highest BCUT2D eigenvalue weighted by atomic mass is 14.0. The Bertz CT molecular complexity index is 516. The number of hydrogen-bond acceptors (Lipinski definition) is 0. The molecule has 0 radical (unpaired) electrons. The van der Waals surface area contributed by atoms with Crippen LogP contribution >= 0.6 is 0 Å². The summed E-state index contributed by atoms with van der Waals surface area (Å²) in [4.78, 5) is 0. The first-order valence-electron chi connectivity index (χ1n) is 9.35. The zero-order valence-electron chi connectivity index (χ0n) is 15.0. The number of benzene rings is 2. The van der Waals surface area contributed by atoms with E-state index in [0.717, 1.165) is 0 Å². The van der Waals surface area contributed by atoms with Gasteiger partial charge in [0.15, 0.2) is 0 Å². The minimum Gasteiger partial charge on any atom is -0.0617 e. The number of rotatable bonds is 10. The van der Waals surface area contributed by atoms with E-state index < -0.39 is 0 Å². The van der Waals surface area contributed by atoms with E-state index in [1.165, 1.54) is 80.0 Å². The molecule has 0 unspecified atom stereocenters. The summed E-state index contributed by atoms with van der Waals surface area (Å²) in [5, 5.41) is 0. The zero-order chi connectivity index (χ0) is 16.3. The summed E-state index contributed by atoms with van der Waals surface area (Å²) < 4.78 is 0. The maximum absolute atomic E-state index is 2.32. The average molecular weight is 309 g/mol. The van der Waals surface area contributed by atoms with Gasteiger partial charge in [-0.05, 0) is 50.7 Å². The van der Waals surface area contributed by atoms with Gasteiger partial charge in [0.25, 0.3) is 0 Å². The Hall–Kier alpha value is -1.56. The highest BCUT2D eigenvalue weighted by Gasteiger charge is 1.97. The predicted octanol–water partition coefficient (Wildman–Crippen LogP) is 6.82. The molecule has 0 fully saturated rings. The molecule has 0 saturated carbocycles. The molecule has 124 valence electrons. The largest absolute Gasteiger partial charge is 0.0617 e. The lowest BCUT2D eigenvalue weighted by atomic mass is 10.0. The summed E-state index contributed by atoms with van der Waals surface area (Å²) >= 11 is 0. The first kappa shape index (κ1) is 17.8. The van der Waals surface area contributed by atoms with Crippen LogP contribution in [0.3, 0.4) is 0 Å². The third kappa shape index (κ3) is 7.50. The van der Waals surface area contributed by atoms with Gasteiger partial charge in [-0.1, -0.05) is 91.8 Å². The number of aryl methyl sites for hydroxylation is 4. The lowest BCUT2D eigenvalue weighted by Gasteiger charge is -2.05. The van der Waals surface area contributed by atoms with Crippen molar-refractivity contribution < 1.29 is 0 Å². The molecule has 0 atom stereocenters. The molecule has 2 rings (SSSR count). The van der Waals surface area contributed by atoms with E-state index in [1.807, 2.05) is 0 Å². The van der Waals surface area contributed by atoms with Crippen molar-refractivity contribution in [3.63, 3.8) is 0 Å². The third-order valence-corrected chi connectivity index (χ3v) is 4.60. The van der Waals surface area contributed by atoms with Crippen LogP contribution in [-0.4, -0.2) is 0 Å². The molecule has 2 aromatic carbocycles. The number of unbranched alkanes of at least 4 members (excludes halogenated alkanes) is 6. The van der Waals surface area contributed by atoms with E-state index in [9.17, 15) is 0 Å². The highest BCUT2D eigenvalue weighted by molar-refractivity contribution is 5.22. The Morgan fingerprint density at radius 1 is 0.522 bits per heavy atom. The quantitative estimate of drug-likeness (QED) is 0.422. The summed E-state index contributed by atoms with van der Waals surface area (Å²) in [6.45, 7) is 4.36. The van der Waals surface area contributed by atoms with Crippen molar-refractivity contribution in [1.29, 1.82) is 0 Å². The van der Waals surface area contributed by atoms with Gasteiger partial charge < -0.3 is 0 Å². The predicted molar refractivity (Wildman–Crippen MR) is 102 cm³/mol. The molecule has 0 N–H and O–H groups in total. The topological polar surface area (TPSA) is 0 Å². The van der Waals surface area contributed by atoms with Crippen molar-refractivity contribution in [3.05, 3.63) is 70.8 Å². The second kappa shape index (κ2) is 10.3. The van der Waals surface area contributed by atoms with E-state index in [1.54, 1.807) is 0 Å². The van der Waals surface area contributed by atoms with E-state index in [0.29, 0.717) is 0 Å². The molecule has 0 aliphatic heterocycles. The molecule has 0 amide bonds. The van der Waals surface area contributed by atoms with Crippen molar-refractivity contribution in [3.8, 4) is 0 Å². The smallest absolute Gasteiger partial charge is 0.0279 e. The monoisotopic (exact) mass is 308 g/mol. The van der Waals surface area contributed by atoms with Gasteiger partial charge in [0.05, 0.1) is 0 Å². The summed E-state index contributed by atoms with van der Waals surface area (Å²) in [5.41, 5.74) is 5.78. The molecule has 0 aromatic heterocycles. The first-order valence-corrected chi connectivity index (χ1v) is 9.35. The van der Waals surface area contributed by atoms with Crippen LogP contribution < -0.4 is 0 Å². The molecule has 0 heteroatoms. The summed E-state index contributed by atoms with van der Waals surface area (Å²) in [5.74, 6) is 0. The van der Waals surface area contributed by atoms with Crippen LogP contribution in [-0.2, 0) is 12.8 Å². The van der Waals surface area contributed by atoms with Gasteiger partial charge in [0.2, 0.25) is 0 Å². The molecule has 0 nitrogen and oxygen atoms in total. The first-order chi connectivity index (χ1) is 11.2. The van der Waals surface area contributed by atoms with Gasteiger partial charge in [-0.25, -0.2) is 0 Å². The van der Waals surface area contributed by atoms with Gasteiger partial charge in [-0.15, -0.1) is 0 Å². The SMILES string of the molecule is Cc1cccc(CCCCCCCCCc2cccc(C)c2)c1. The average Bonchev–Trinajstić information content (AvgIpc) is 2.53. The molecule has 23 heavy (non-hydrogen) atoms. The Morgan fingerprint density at radius 3 is 1.30 bits per heavy atom. The van der Waals surface area contributed by atoms with Crippen LogP contribution in [0, 0.1) is 13.8 Å². The van der Waals surface area contributed by atoms with E-state index >= 15 is 0 Å². The Morgan fingerprint density at radius 2 is 0.913 bits per heavy atom. The summed E-state index contributed by atoms with van der Waals surface area (Å²) in [6.07, 6.45) is 12.1. The molecular weight excluding hydrogens is 276 g/mol. The van der Waals surface area contributed by atoms with Gasteiger partial charge in [0, 0.05) is 0 Å². The normalized spacial score (nSPS) is 10.9. The minimum absolute atomic E-state index is 1.25. The minimum atomic E-state index is 1.25. The summed E-state index contributed by atoms with van der Waals surface area (Å²) in [6, 6.07) is 17.9. The Balaban J connectivity index is 1.45. The lowest BCUT2D eigenvalue weighted by molar-refractivity contribution is 0.579. The molecule has 0 spiro atoms. The van der Waals surface area contributed by atoms with Gasteiger partial charge in [0.1, 0.15) is 0 Å². The van der Waals surface area contributed by atoms with Crippen LogP contribution in [0.1, 0.15) is 67.2 Å². The van der Waals surface area contributed by atoms with E-state index in [4.69, 9.17) is 0 Å². The maximum atomic E-state index is 2.32. The zero-order valence-corrected chi connectivity index (χ0v) is 15.0. The van der Waals surface area contributed by atoms with Gasteiger partial charge in [-0.3, -0.25) is 0 Å². The van der Waals surface area contributed by atoms with Crippen molar-refractivity contribution >= 4 is 0 Å². The van der Waals surface area contributed by atoms with Crippen LogP contribution in [0.4, 0.5) is 0 Å². The van der Waals surface area contributed by atoms with E-state index in [-0.39, 0.29) is 0 Å². The van der Waals surface area contributed by atoms with Crippen LogP contribution in [0.25, 0.3) is 0 Å². The molecule has 0 bridgehead atoms. The molecule has 2 aromatic rings. The molecular formula is C23H32. The van der Waals surface area contributed by atoms with Crippen LogP contribution in [0.15, 0.2) is 48.5 Å². The fraction of sp³-hybridized carbons (Fsp3) is 0.478. The van der Waals surface area contributed by atoms with Crippen molar-refractivity contribution in [2.75, 3.05) is 0 Å². The fourth-order valence-corrected chi connectivity index (χ4v) is 3.28. The highest BCUT2D eigenvalue weighted by Crippen LogP contribution is 2.13. The van der Waals surface area contributed by atoms with Gasteiger partial charge in [-0.2, -0.15) is 0 Å². The molecule has 0 saturated heterocycles. The second-order valence-electron chi connectivity index (χ2n) is 6.95. The Labute approximate surface area is 143 Å². The second-order valence-corrected chi connectivity index (χ2v) is 6.95.